The van der Waals surface area contributed by atoms with Crippen LogP contribution in [0.25, 0.3) is 50.3 Å². The summed E-state index contributed by atoms with van der Waals surface area (Å²) in [6, 6.07) is 32.1. The van der Waals surface area contributed by atoms with Crippen LogP contribution in [0.2, 0.25) is 0 Å². The third kappa shape index (κ3) is 3.70. The molecule has 0 spiro atoms. The number of para-hydroxylation sites is 2. The second-order valence-electron chi connectivity index (χ2n) is 9.93. The normalized spacial score (nSPS) is 11.7. The molecule has 0 bridgehead atoms. The van der Waals surface area contributed by atoms with Gasteiger partial charge in [-0.3, -0.25) is 0 Å². The minimum absolute atomic E-state index is 0.480. The molecule has 0 amide bonds. The van der Waals surface area contributed by atoms with Gasteiger partial charge in [0.1, 0.15) is 16.8 Å². The SMILES string of the molecule is Cc1ccc2nc(CC(C)C)oc2c1-c1n(-c2ccc(-c3ccccc3)cc2)c2ccccc2[n+]1C. The number of nitrogens with zero attached hydrogens (tertiary/aromatic N) is 3. The van der Waals surface area contributed by atoms with Gasteiger partial charge in [0, 0.05) is 6.42 Å². The molecule has 0 radical (unpaired) electrons. The molecule has 2 heterocycles. The number of benzene rings is 4. The Hall–Kier alpha value is -4.18. The maximum atomic E-state index is 6.43. The van der Waals surface area contributed by atoms with Crippen molar-refractivity contribution in [2.24, 2.45) is 13.0 Å². The number of aryl methyl sites for hydroxylation is 2. The highest BCUT2D eigenvalue weighted by Crippen LogP contribution is 2.35. The number of oxazole rings is 1. The number of hydrogen-bond acceptors (Lipinski definition) is 2. The fourth-order valence-electron chi connectivity index (χ4n) is 5.14. The molecule has 36 heavy (non-hydrogen) atoms. The maximum absolute atomic E-state index is 6.43. The first-order valence-electron chi connectivity index (χ1n) is 12.6. The van der Waals surface area contributed by atoms with Crippen LogP contribution >= 0.6 is 0 Å². The number of aromatic nitrogens is 3. The first kappa shape index (κ1) is 22.3. The lowest BCUT2D eigenvalue weighted by molar-refractivity contribution is -0.633. The van der Waals surface area contributed by atoms with Crippen molar-refractivity contribution in [3.05, 3.63) is 102 Å². The molecule has 0 fully saturated rings. The summed E-state index contributed by atoms with van der Waals surface area (Å²) in [7, 11) is 2.14. The molecule has 0 unspecified atom stereocenters. The Morgan fingerprint density at radius 3 is 2.28 bits per heavy atom. The molecule has 0 aliphatic heterocycles. The van der Waals surface area contributed by atoms with Crippen molar-refractivity contribution in [3.8, 4) is 28.2 Å². The highest BCUT2D eigenvalue weighted by molar-refractivity contribution is 5.92. The van der Waals surface area contributed by atoms with Gasteiger partial charge in [0.25, 0.3) is 5.82 Å². The highest BCUT2D eigenvalue weighted by Gasteiger charge is 2.30. The zero-order valence-electron chi connectivity index (χ0n) is 21.2. The number of hydrogen-bond donors (Lipinski definition) is 0. The lowest BCUT2D eigenvalue weighted by Crippen LogP contribution is -2.30. The fourth-order valence-corrected chi connectivity index (χ4v) is 5.14. The molecule has 4 aromatic carbocycles. The van der Waals surface area contributed by atoms with Crippen molar-refractivity contribution < 1.29 is 8.98 Å². The average molecular weight is 473 g/mol. The van der Waals surface area contributed by atoms with Gasteiger partial charge in [-0.2, -0.15) is 4.57 Å². The van der Waals surface area contributed by atoms with Crippen LogP contribution in [0, 0.1) is 12.8 Å². The topological polar surface area (TPSA) is 34.8 Å². The van der Waals surface area contributed by atoms with Gasteiger partial charge < -0.3 is 4.42 Å². The Bertz CT molecular complexity index is 1690. The van der Waals surface area contributed by atoms with E-state index in [2.05, 4.69) is 128 Å². The van der Waals surface area contributed by atoms with Crippen LogP contribution in [0.3, 0.4) is 0 Å². The van der Waals surface area contributed by atoms with Gasteiger partial charge in [-0.05, 0) is 59.9 Å². The molecule has 178 valence electrons. The van der Waals surface area contributed by atoms with Crippen molar-refractivity contribution >= 4 is 22.1 Å². The van der Waals surface area contributed by atoms with Crippen LogP contribution in [0.1, 0.15) is 25.3 Å². The largest absolute Gasteiger partial charge is 0.440 e. The van der Waals surface area contributed by atoms with Crippen molar-refractivity contribution in [1.82, 2.24) is 9.55 Å². The summed E-state index contributed by atoms with van der Waals surface area (Å²) >= 11 is 0. The van der Waals surface area contributed by atoms with E-state index < -0.39 is 0 Å². The summed E-state index contributed by atoms with van der Waals surface area (Å²) in [5.74, 6) is 2.36. The zero-order valence-corrected chi connectivity index (χ0v) is 21.2. The van der Waals surface area contributed by atoms with Crippen LogP contribution in [0.15, 0.2) is 95.4 Å². The molecule has 4 nitrogen and oxygen atoms in total. The average Bonchev–Trinajstić information content (AvgIpc) is 3.42. The number of imidazole rings is 1. The molecule has 0 N–H and O–H groups in total. The predicted octanol–water partition coefficient (Wildman–Crippen LogP) is 7.44. The van der Waals surface area contributed by atoms with Crippen molar-refractivity contribution in [2.45, 2.75) is 27.2 Å². The van der Waals surface area contributed by atoms with E-state index in [1.54, 1.807) is 0 Å². The van der Waals surface area contributed by atoms with E-state index >= 15 is 0 Å². The summed E-state index contributed by atoms with van der Waals surface area (Å²) in [6.45, 7) is 6.54. The van der Waals surface area contributed by atoms with Crippen LogP contribution < -0.4 is 4.57 Å². The van der Waals surface area contributed by atoms with Crippen molar-refractivity contribution in [2.75, 3.05) is 0 Å². The van der Waals surface area contributed by atoms with Gasteiger partial charge >= 0.3 is 0 Å². The Morgan fingerprint density at radius 2 is 1.53 bits per heavy atom. The Labute approximate surface area is 211 Å². The standard InChI is InChI=1S/C32H30N3O/c1-21(2)20-29-33-26-19-14-22(3)30(31(26)36-29)32-34(4)27-12-8-9-13-28(27)35(32)25-17-15-24(16-18-25)23-10-6-5-7-11-23/h5-19,21H,20H2,1-4H3/q+1. The summed E-state index contributed by atoms with van der Waals surface area (Å²) in [4.78, 5) is 4.83. The lowest BCUT2D eigenvalue weighted by Gasteiger charge is -2.08. The third-order valence-corrected chi connectivity index (χ3v) is 6.86. The van der Waals surface area contributed by atoms with E-state index in [0.29, 0.717) is 5.92 Å². The van der Waals surface area contributed by atoms with E-state index in [-0.39, 0.29) is 0 Å². The van der Waals surface area contributed by atoms with E-state index in [9.17, 15) is 0 Å². The van der Waals surface area contributed by atoms with Crippen LogP contribution in [0.5, 0.6) is 0 Å². The Morgan fingerprint density at radius 1 is 0.833 bits per heavy atom. The molecule has 0 saturated carbocycles. The van der Waals surface area contributed by atoms with Crippen molar-refractivity contribution in [1.29, 1.82) is 0 Å². The summed E-state index contributed by atoms with van der Waals surface area (Å²) < 4.78 is 11.0. The maximum Gasteiger partial charge on any atom is 0.299 e. The minimum Gasteiger partial charge on any atom is -0.440 e. The first-order chi connectivity index (χ1) is 17.5. The van der Waals surface area contributed by atoms with Crippen LogP contribution in [-0.2, 0) is 13.5 Å². The minimum atomic E-state index is 0.480. The zero-order chi connectivity index (χ0) is 24.8. The Kier molecular flexibility index (Phi) is 5.45. The number of rotatable bonds is 5. The van der Waals surface area contributed by atoms with Gasteiger partial charge in [0.05, 0.1) is 7.05 Å². The molecule has 2 aromatic heterocycles. The van der Waals surface area contributed by atoms with Gasteiger partial charge in [0.2, 0.25) is 0 Å². The summed E-state index contributed by atoms with van der Waals surface area (Å²) in [5.41, 5.74) is 9.85. The molecule has 6 rings (SSSR count). The molecule has 6 aromatic rings. The fraction of sp³-hybridized carbons (Fsp3) is 0.188. The summed E-state index contributed by atoms with van der Waals surface area (Å²) in [5, 5.41) is 0. The van der Waals surface area contributed by atoms with Crippen LogP contribution in [-0.4, -0.2) is 9.55 Å². The number of fused-ring (bicyclic) bond motifs is 2. The van der Waals surface area contributed by atoms with Gasteiger partial charge in [-0.15, -0.1) is 0 Å². The third-order valence-electron chi connectivity index (χ3n) is 6.86. The quantitative estimate of drug-likeness (QED) is 0.244. The van der Waals surface area contributed by atoms with Crippen molar-refractivity contribution in [3.63, 3.8) is 0 Å². The molecule has 0 aliphatic rings. The van der Waals surface area contributed by atoms with Crippen LogP contribution in [0.4, 0.5) is 0 Å². The smallest absolute Gasteiger partial charge is 0.299 e. The second kappa shape index (κ2) is 8.80. The van der Waals surface area contributed by atoms with E-state index in [1.807, 2.05) is 0 Å². The molecule has 0 saturated heterocycles. The first-order valence-corrected chi connectivity index (χ1v) is 12.6. The van der Waals surface area contributed by atoms with Gasteiger partial charge in [-0.25, -0.2) is 9.55 Å². The summed E-state index contributed by atoms with van der Waals surface area (Å²) in [6.07, 6.45) is 0.823. The lowest BCUT2D eigenvalue weighted by atomic mass is 10.0. The van der Waals surface area contributed by atoms with E-state index in [1.165, 1.54) is 11.1 Å². The van der Waals surface area contributed by atoms with E-state index in [0.717, 1.165) is 57.1 Å². The Balaban J connectivity index is 1.61. The molecule has 0 atom stereocenters. The second-order valence-corrected chi connectivity index (χ2v) is 9.93. The predicted molar refractivity (Wildman–Crippen MR) is 146 cm³/mol. The van der Waals surface area contributed by atoms with Gasteiger partial charge in [-0.1, -0.05) is 74.5 Å². The van der Waals surface area contributed by atoms with E-state index in [4.69, 9.17) is 9.40 Å². The highest BCUT2D eigenvalue weighted by atomic mass is 16.3. The molecule has 4 heteroatoms. The monoisotopic (exact) mass is 472 g/mol. The molecular weight excluding hydrogens is 442 g/mol. The molecule has 0 aliphatic carbocycles. The molecular formula is C32H30N3O+. The van der Waals surface area contributed by atoms with Gasteiger partial charge in [0.15, 0.2) is 22.5 Å².